The van der Waals surface area contributed by atoms with Gasteiger partial charge in [-0.3, -0.25) is 0 Å². The summed E-state index contributed by atoms with van der Waals surface area (Å²) in [5.74, 6) is 1.39. The third-order valence-electron chi connectivity index (χ3n) is 6.62. The van der Waals surface area contributed by atoms with Crippen LogP contribution in [-0.2, 0) is 10.8 Å². The molecule has 0 radical (unpaired) electrons. The monoisotopic (exact) mass is 436 g/mol. The molecule has 0 aromatic heterocycles. The molecule has 0 aliphatic heterocycles. The molecular formula is C30H32N2O. The second kappa shape index (κ2) is 8.67. The highest BCUT2D eigenvalue weighted by Gasteiger charge is 2.31. The molecule has 4 rings (SSSR count). The van der Waals surface area contributed by atoms with Crippen LogP contribution in [-0.4, -0.2) is 0 Å². The van der Waals surface area contributed by atoms with Crippen LogP contribution in [0.1, 0.15) is 49.9 Å². The summed E-state index contributed by atoms with van der Waals surface area (Å²) in [7, 11) is 0. The average molecular weight is 437 g/mol. The zero-order valence-corrected chi connectivity index (χ0v) is 19.8. The van der Waals surface area contributed by atoms with Crippen LogP contribution >= 0.6 is 0 Å². The summed E-state index contributed by atoms with van der Waals surface area (Å²) in [6, 6.07) is 33.0. The number of ether oxygens (including phenoxy) is 1. The van der Waals surface area contributed by atoms with Crippen molar-refractivity contribution in [1.29, 1.82) is 0 Å². The van der Waals surface area contributed by atoms with Crippen molar-refractivity contribution in [2.75, 3.05) is 11.5 Å². The van der Waals surface area contributed by atoms with E-state index in [0.29, 0.717) is 17.1 Å². The van der Waals surface area contributed by atoms with E-state index < -0.39 is 0 Å². The molecule has 0 bridgehead atoms. The number of nitrogens with two attached hydrogens (primary N) is 2. The molecule has 0 unspecified atom stereocenters. The Hall–Kier alpha value is -3.72. The number of benzene rings is 4. The van der Waals surface area contributed by atoms with Gasteiger partial charge in [0, 0.05) is 22.1 Å². The highest BCUT2D eigenvalue weighted by molar-refractivity contribution is 5.62. The van der Waals surface area contributed by atoms with Crippen LogP contribution in [0.5, 0.6) is 11.5 Å². The number of anilines is 2. The summed E-state index contributed by atoms with van der Waals surface area (Å²) >= 11 is 0. The van der Waals surface area contributed by atoms with Gasteiger partial charge in [0.15, 0.2) is 0 Å². The molecule has 0 atom stereocenters. The maximum Gasteiger partial charge on any atom is 0.150 e. The molecule has 4 aromatic rings. The lowest BCUT2D eigenvalue weighted by atomic mass is 9.73. The summed E-state index contributed by atoms with van der Waals surface area (Å²) in [6.45, 7) is 8.98. The van der Waals surface area contributed by atoms with Gasteiger partial charge in [-0.15, -0.1) is 0 Å². The van der Waals surface area contributed by atoms with Crippen LogP contribution in [0, 0.1) is 0 Å². The summed E-state index contributed by atoms with van der Waals surface area (Å²) in [5, 5.41) is 0. The minimum absolute atomic E-state index is 0.165. The molecule has 4 aromatic carbocycles. The van der Waals surface area contributed by atoms with Crippen molar-refractivity contribution in [1.82, 2.24) is 0 Å². The molecule has 0 saturated heterocycles. The van der Waals surface area contributed by atoms with E-state index >= 15 is 0 Å². The van der Waals surface area contributed by atoms with E-state index in [4.69, 9.17) is 16.2 Å². The molecule has 33 heavy (non-hydrogen) atoms. The Morgan fingerprint density at radius 3 is 1.67 bits per heavy atom. The first-order valence-electron chi connectivity index (χ1n) is 11.3. The van der Waals surface area contributed by atoms with Crippen LogP contribution in [0.15, 0.2) is 97.1 Å². The molecule has 0 fully saturated rings. The first-order chi connectivity index (χ1) is 15.7. The van der Waals surface area contributed by atoms with Crippen molar-refractivity contribution in [3.63, 3.8) is 0 Å². The molecule has 3 nitrogen and oxygen atoms in total. The van der Waals surface area contributed by atoms with Crippen molar-refractivity contribution >= 4 is 11.4 Å². The van der Waals surface area contributed by atoms with Gasteiger partial charge < -0.3 is 16.2 Å². The predicted octanol–water partition coefficient (Wildman–Crippen LogP) is 7.30. The quantitative estimate of drug-likeness (QED) is 0.312. The summed E-state index contributed by atoms with van der Waals surface area (Å²) in [6.07, 6.45) is 0. The second-order valence-electron chi connectivity index (χ2n) is 9.59. The number of hydrogen-bond acceptors (Lipinski definition) is 3. The number of nitrogen functional groups attached to an aromatic ring is 2. The molecule has 0 aliphatic carbocycles. The molecule has 0 saturated carbocycles. The maximum absolute atomic E-state index is 6.40. The average Bonchev–Trinajstić information content (AvgIpc) is 2.82. The van der Waals surface area contributed by atoms with E-state index in [0.717, 1.165) is 11.3 Å². The third-order valence-corrected chi connectivity index (χ3v) is 6.62. The third kappa shape index (κ3) is 4.45. The van der Waals surface area contributed by atoms with E-state index in [1.807, 2.05) is 12.1 Å². The highest BCUT2D eigenvalue weighted by atomic mass is 16.5. The Morgan fingerprint density at radius 1 is 0.545 bits per heavy atom. The van der Waals surface area contributed by atoms with Crippen molar-refractivity contribution in [3.8, 4) is 11.5 Å². The number of hydrogen-bond donors (Lipinski definition) is 2. The molecule has 3 heteroatoms. The topological polar surface area (TPSA) is 61.3 Å². The van der Waals surface area contributed by atoms with Gasteiger partial charge in [0.25, 0.3) is 0 Å². The van der Waals surface area contributed by atoms with Crippen LogP contribution in [0.2, 0.25) is 0 Å². The Morgan fingerprint density at radius 2 is 1.09 bits per heavy atom. The van der Waals surface area contributed by atoms with Crippen molar-refractivity contribution in [2.45, 2.75) is 38.5 Å². The van der Waals surface area contributed by atoms with Crippen LogP contribution in [0.4, 0.5) is 11.4 Å². The minimum Gasteiger partial charge on any atom is -0.455 e. The van der Waals surface area contributed by atoms with Gasteiger partial charge in [0.1, 0.15) is 11.5 Å². The van der Waals surface area contributed by atoms with Crippen molar-refractivity contribution in [3.05, 3.63) is 119 Å². The first-order valence-corrected chi connectivity index (χ1v) is 11.3. The summed E-state index contributed by atoms with van der Waals surface area (Å²) in [4.78, 5) is 0. The maximum atomic E-state index is 6.40. The van der Waals surface area contributed by atoms with Gasteiger partial charge in [-0.1, -0.05) is 100 Å². The van der Waals surface area contributed by atoms with Gasteiger partial charge >= 0.3 is 0 Å². The SMILES string of the molecule is CC(C)(c1ccccc1)c1ccc(Oc2ccc(N)cc2N)c(C(C)(C)c2ccccc2)c1. The fraction of sp³-hybridized carbons (Fsp3) is 0.200. The molecule has 0 heterocycles. The first kappa shape index (κ1) is 22.5. The van der Waals surface area contributed by atoms with Gasteiger partial charge in [-0.25, -0.2) is 0 Å². The molecule has 168 valence electrons. The Bertz CT molecular complexity index is 1250. The summed E-state index contributed by atoms with van der Waals surface area (Å²) in [5.41, 5.74) is 17.6. The van der Waals surface area contributed by atoms with Crippen LogP contribution in [0.25, 0.3) is 0 Å². The smallest absolute Gasteiger partial charge is 0.150 e. The minimum atomic E-state index is -0.290. The molecule has 0 amide bonds. The Balaban J connectivity index is 1.86. The highest BCUT2D eigenvalue weighted by Crippen LogP contribution is 2.43. The lowest BCUT2D eigenvalue weighted by Crippen LogP contribution is -2.23. The molecular weight excluding hydrogens is 404 g/mol. The van der Waals surface area contributed by atoms with Crippen LogP contribution < -0.4 is 16.2 Å². The molecule has 0 aliphatic rings. The van der Waals surface area contributed by atoms with Crippen molar-refractivity contribution < 1.29 is 4.74 Å². The largest absolute Gasteiger partial charge is 0.455 e. The van der Waals surface area contributed by atoms with E-state index in [1.165, 1.54) is 16.7 Å². The van der Waals surface area contributed by atoms with E-state index in [2.05, 4.69) is 100 Å². The predicted molar refractivity (Wildman–Crippen MR) is 139 cm³/mol. The molecule has 0 spiro atoms. The van der Waals surface area contributed by atoms with Gasteiger partial charge in [0.2, 0.25) is 0 Å². The zero-order chi connectivity index (χ0) is 23.6. The molecule has 4 N–H and O–H groups in total. The standard InChI is InChI=1S/C30H32N2O/c1-29(2,21-11-7-5-8-12-21)23-15-17-27(33-28-18-16-24(31)20-26(28)32)25(19-23)30(3,4)22-13-9-6-10-14-22/h5-20H,31-32H2,1-4H3. The van der Waals surface area contributed by atoms with E-state index in [1.54, 1.807) is 12.1 Å². The fourth-order valence-corrected chi connectivity index (χ4v) is 4.31. The zero-order valence-electron chi connectivity index (χ0n) is 19.8. The Kier molecular flexibility index (Phi) is 5.90. The van der Waals surface area contributed by atoms with E-state index in [-0.39, 0.29) is 10.8 Å². The second-order valence-corrected chi connectivity index (χ2v) is 9.59. The van der Waals surface area contributed by atoms with Crippen LogP contribution in [0.3, 0.4) is 0 Å². The lowest BCUT2D eigenvalue weighted by Gasteiger charge is -2.32. The lowest BCUT2D eigenvalue weighted by molar-refractivity contribution is 0.462. The Labute approximate surface area is 197 Å². The normalized spacial score (nSPS) is 11.9. The number of rotatable bonds is 6. The van der Waals surface area contributed by atoms with Crippen molar-refractivity contribution in [2.24, 2.45) is 0 Å². The fourth-order valence-electron chi connectivity index (χ4n) is 4.31. The van der Waals surface area contributed by atoms with Gasteiger partial charge in [-0.05, 0) is 41.0 Å². The van der Waals surface area contributed by atoms with Gasteiger partial charge in [0.05, 0.1) is 5.69 Å². The van der Waals surface area contributed by atoms with Gasteiger partial charge in [-0.2, -0.15) is 0 Å². The summed E-state index contributed by atoms with van der Waals surface area (Å²) < 4.78 is 6.40. The van der Waals surface area contributed by atoms with E-state index in [9.17, 15) is 0 Å².